The van der Waals surface area contributed by atoms with Crippen molar-refractivity contribution in [2.24, 2.45) is 5.41 Å². The van der Waals surface area contributed by atoms with Gasteiger partial charge in [-0.15, -0.1) is 0 Å². The second kappa shape index (κ2) is 5.40. The molecule has 72 valence electrons. The maximum Gasteiger partial charge on any atom is -0.0119 e. The van der Waals surface area contributed by atoms with Crippen molar-refractivity contribution in [3.05, 3.63) is 12.2 Å². The SMILES string of the molecule is C=C(CC)C(C)(CCC)CCC. The molecule has 0 heterocycles. The highest BCUT2D eigenvalue weighted by molar-refractivity contribution is 5.07. The van der Waals surface area contributed by atoms with Crippen LogP contribution in [0.4, 0.5) is 0 Å². The zero-order chi connectivity index (χ0) is 9.61. The van der Waals surface area contributed by atoms with E-state index < -0.39 is 0 Å². The molecule has 0 atom stereocenters. The smallest absolute Gasteiger partial charge is 0.0119 e. The Morgan fingerprint density at radius 2 is 1.50 bits per heavy atom. The molecule has 0 radical (unpaired) electrons. The van der Waals surface area contributed by atoms with Crippen LogP contribution in [-0.2, 0) is 0 Å². The van der Waals surface area contributed by atoms with Crippen molar-refractivity contribution < 1.29 is 0 Å². The van der Waals surface area contributed by atoms with Gasteiger partial charge in [-0.05, 0) is 24.7 Å². The summed E-state index contributed by atoms with van der Waals surface area (Å²) in [7, 11) is 0. The highest BCUT2D eigenvalue weighted by Crippen LogP contribution is 2.37. The largest absolute Gasteiger partial charge is 0.0993 e. The summed E-state index contributed by atoms with van der Waals surface area (Å²) < 4.78 is 0. The fraction of sp³-hybridized carbons (Fsp3) is 0.833. The van der Waals surface area contributed by atoms with E-state index in [1.807, 2.05) is 0 Å². The molecule has 0 spiro atoms. The van der Waals surface area contributed by atoms with E-state index >= 15 is 0 Å². The molecule has 0 aliphatic heterocycles. The van der Waals surface area contributed by atoms with Crippen LogP contribution in [-0.4, -0.2) is 0 Å². The van der Waals surface area contributed by atoms with Gasteiger partial charge in [-0.25, -0.2) is 0 Å². The summed E-state index contributed by atoms with van der Waals surface area (Å²) in [6.45, 7) is 13.3. The predicted octanol–water partition coefficient (Wildman–Crippen LogP) is 4.56. The molecule has 0 unspecified atom stereocenters. The van der Waals surface area contributed by atoms with Gasteiger partial charge in [0.15, 0.2) is 0 Å². The van der Waals surface area contributed by atoms with Gasteiger partial charge in [0.25, 0.3) is 0 Å². The Hall–Kier alpha value is -0.260. The topological polar surface area (TPSA) is 0 Å². The van der Waals surface area contributed by atoms with Gasteiger partial charge in [0.05, 0.1) is 0 Å². The van der Waals surface area contributed by atoms with E-state index in [1.165, 1.54) is 31.3 Å². The molecule has 12 heavy (non-hydrogen) atoms. The zero-order valence-corrected chi connectivity index (χ0v) is 9.24. The normalized spacial score (nSPS) is 11.7. The quantitative estimate of drug-likeness (QED) is 0.510. The van der Waals surface area contributed by atoms with Crippen LogP contribution in [0.5, 0.6) is 0 Å². The number of rotatable bonds is 6. The van der Waals surface area contributed by atoms with Crippen molar-refractivity contribution >= 4 is 0 Å². The molecule has 0 aliphatic rings. The summed E-state index contributed by atoms with van der Waals surface area (Å²) >= 11 is 0. The van der Waals surface area contributed by atoms with Gasteiger partial charge < -0.3 is 0 Å². The van der Waals surface area contributed by atoms with Gasteiger partial charge in [-0.3, -0.25) is 0 Å². The average molecular weight is 168 g/mol. The van der Waals surface area contributed by atoms with Gasteiger partial charge in [-0.1, -0.05) is 52.7 Å². The van der Waals surface area contributed by atoms with Gasteiger partial charge in [-0.2, -0.15) is 0 Å². The Bertz CT molecular complexity index is 127. The summed E-state index contributed by atoms with van der Waals surface area (Å²) in [5.74, 6) is 0. The molecule has 0 aromatic rings. The van der Waals surface area contributed by atoms with Crippen molar-refractivity contribution in [1.29, 1.82) is 0 Å². The second-order valence-corrected chi connectivity index (χ2v) is 4.02. The minimum absolute atomic E-state index is 0.415. The Morgan fingerprint density at radius 3 is 1.75 bits per heavy atom. The van der Waals surface area contributed by atoms with Crippen molar-refractivity contribution in [2.75, 3.05) is 0 Å². The molecule has 0 aromatic heterocycles. The molecule has 0 fully saturated rings. The number of hydrogen-bond acceptors (Lipinski definition) is 0. The van der Waals surface area contributed by atoms with E-state index in [-0.39, 0.29) is 0 Å². The minimum atomic E-state index is 0.415. The van der Waals surface area contributed by atoms with Crippen LogP contribution in [0, 0.1) is 5.41 Å². The van der Waals surface area contributed by atoms with Gasteiger partial charge >= 0.3 is 0 Å². The Balaban J connectivity index is 4.26. The van der Waals surface area contributed by atoms with Crippen LogP contribution in [0.15, 0.2) is 12.2 Å². The molecule has 0 N–H and O–H groups in total. The summed E-state index contributed by atoms with van der Waals surface area (Å²) in [6, 6.07) is 0. The van der Waals surface area contributed by atoms with Crippen molar-refractivity contribution in [3.8, 4) is 0 Å². The molecule has 0 rings (SSSR count). The van der Waals surface area contributed by atoms with Crippen molar-refractivity contribution in [2.45, 2.75) is 59.8 Å². The van der Waals surface area contributed by atoms with Crippen LogP contribution in [0.25, 0.3) is 0 Å². The first-order valence-electron chi connectivity index (χ1n) is 5.29. The average Bonchev–Trinajstić information content (AvgIpc) is 2.04. The van der Waals surface area contributed by atoms with Crippen molar-refractivity contribution in [3.63, 3.8) is 0 Å². The first-order valence-corrected chi connectivity index (χ1v) is 5.29. The predicted molar refractivity (Wildman–Crippen MR) is 57.4 cm³/mol. The van der Waals surface area contributed by atoms with Crippen molar-refractivity contribution in [1.82, 2.24) is 0 Å². The molecule has 0 nitrogen and oxygen atoms in total. The number of hydrogen-bond donors (Lipinski definition) is 0. The Labute approximate surface area is 78.1 Å². The molecular formula is C12H24. The zero-order valence-electron chi connectivity index (χ0n) is 9.24. The maximum atomic E-state index is 4.18. The fourth-order valence-electron chi connectivity index (χ4n) is 2.01. The summed E-state index contributed by atoms with van der Waals surface area (Å²) in [5, 5.41) is 0. The molecule has 0 heteroatoms. The lowest BCUT2D eigenvalue weighted by Gasteiger charge is -2.31. The van der Waals surface area contributed by atoms with Gasteiger partial charge in [0, 0.05) is 0 Å². The van der Waals surface area contributed by atoms with E-state index in [9.17, 15) is 0 Å². The van der Waals surface area contributed by atoms with E-state index in [1.54, 1.807) is 0 Å². The first kappa shape index (κ1) is 11.7. The summed E-state index contributed by atoms with van der Waals surface area (Å²) in [6.07, 6.45) is 6.28. The van der Waals surface area contributed by atoms with Gasteiger partial charge in [0.2, 0.25) is 0 Å². The van der Waals surface area contributed by atoms with E-state index in [2.05, 4.69) is 34.3 Å². The first-order chi connectivity index (χ1) is 5.60. The lowest BCUT2D eigenvalue weighted by Crippen LogP contribution is -2.18. The second-order valence-electron chi connectivity index (χ2n) is 4.02. The molecular weight excluding hydrogens is 144 g/mol. The highest BCUT2D eigenvalue weighted by Gasteiger charge is 2.23. The lowest BCUT2D eigenvalue weighted by atomic mass is 9.74. The molecule has 0 bridgehead atoms. The monoisotopic (exact) mass is 168 g/mol. The van der Waals surface area contributed by atoms with Crippen LogP contribution in [0.1, 0.15) is 59.8 Å². The standard InChI is InChI=1S/C12H24/c1-6-9-12(5,10-7-2)11(4)8-3/h4,6-10H2,1-3,5H3. The highest BCUT2D eigenvalue weighted by atomic mass is 14.3. The summed E-state index contributed by atoms with van der Waals surface area (Å²) in [5.41, 5.74) is 1.85. The molecule has 0 amide bonds. The Kier molecular flexibility index (Phi) is 5.28. The molecule has 0 saturated heterocycles. The molecule has 0 aromatic carbocycles. The van der Waals surface area contributed by atoms with Crippen LogP contribution >= 0.6 is 0 Å². The Morgan fingerprint density at radius 1 is 1.08 bits per heavy atom. The van der Waals surface area contributed by atoms with Crippen LogP contribution < -0.4 is 0 Å². The third-order valence-corrected chi connectivity index (χ3v) is 2.88. The van der Waals surface area contributed by atoms with Gasteiger partial charge in [0.1, 0.15) is 0 Å². The minimum Gasteiger partial charge on any atom is -0.0993 e. The lowest BCUT2D eigenvalue weighted by molar-refractivity contribution is 0.321. The third-order valence-electron chi connectivity index (χ3n) is 2.88. The van der Waals surface area contributed by atoms with Crippen LogP contribution in [0.2, 0.25) is 0 Å². The maximum absolute atomic E-state index is 4.18. The summed E-state index contributed by atoms with van der Waals surface area (Å²) in [4.78, 5) is 0. The third kappa shape index (κ3) is 3.00. The molecule has 0 saturated carbocycles. The van der Waals surface area contributed by atoms with E-state index in [4.69, 9.17) is 0 Å². The fourth-order valence-corrected chi connectivity index (χ4v) is 2.01. The van der Waals surface area contributed by atoms with E-state index in [0.717, 1.165) is 6.42 Å². The number of allylic oxidation sites excluding steroid dienone is 1. The van der Waals surface area contributed by atoms with Crippen LogP contribution in [0.3, 0.4) is 0 Å². The molecule has 0 aliphatic carbocycles. The van der Waals surface area contributed by atoms with E-state index in [0.29, 0.717) is 5.41 Å².